The molecule has 0 aromatic heterocycles. The van der Waals surface area contributed by atoms with Gasteiger partial charge < -0.3 is 16.0 Å². The molecule has 2 aliphatic carbocycles. The molecule has 1 aliphatic heterocycles. The standard InChI is InChI=1S/C25H32ClN3/c1-16-3-10-23-24(11-16)29-25(2,28-23)20-5-8-22(9-6-20)27-15-17-12-18-4-7-21(26)14-19(18)13-17/h3-4,7,10-11,14,17,20,22,27-29H,5-6,8-9,12-13,15H2,1-2H3. The van der Waals surface area contributed by atoms with Gasteiger partial charge in [-0.1, -0.05) is 23.7 Å². The summed E-state index contributed by atoms with van der Waals surface area (Å²) in [6.07, 6.45) is 7.43. The lowest BCUT2D eigenvalue weighted by Gasteiger charge is -2.40. The number of fused-ring (bicyclic) bond motifs is 2. The number of benzene rings is 2. The van der Waals surface area contributed by atoms with Crippen molar-refractivity contribution in [1.82, 2.24) is 5.32 Å². The first-order valence-corrected chi connectivity index (χ1v) is 11.5. The van der Waals surface area contributed by atoms with Crippen LogP contribution in [0, 0.1) is 18.8 Å². The molecule has 5 rings (SSSR count). The Bertz CT molecular complexity index is 903. The molecule has 4 heteroatoms. The van der Waals surface area contributed by atoms with E-state index < -0.39 is 0 Å². The number of anilines is 2. The Morgan fingerprint density at radius 3 is 2.55 bits per heavy atom. The van der Waals surface area contributed by atoms with Crippen LogP contribution in [0.4, 0.5) is 11.4 Å². The summed E-state index contributed by atoms with van der Waals surface area (Å²) in [6, 6.07) is 13.7. The second kappa shape index (κ2) is 7.52. The maximum atomic E-state index is 6.16. The summed E-state index contributed by atoms with van der Waals surface area (Å²) in [5, 5.41) is 12.3. The molecule has 3 aliphatic rings. The van der Waals surface area contributed by atoms with Crippen LogP contribution < -0.4 is 16.0 Å². The molecule has 1 fully saturated rings. The zero-order valence-corrected chi connectivity index (χ0v) is 18.3. The predicted molar refractivity (Wildman–Crippen MR) is 123 cm³/mol. The van der Waals surface area contributed by atoms with Gasteiger partial charge in [0.15, 0.2) is 0 Å². The molecule has 154 valence electrons. The van der Waals surface area contributed by atoms with E-state index in [2.05, 4.69) is 60.1 Å². The Morgan fingerprint density at radius 2 is 1.72 bits per heavy atom. The molecule has 1 saturated carbocycles. The molecule has 3 nitrogen and oxygen atoms in total. The fourth-order valence-corrected chi connectivity index (χ4v) is 5.89. The minimum absolute atomic E-state index is 0.0204. The van der Waals surface area contributed by atoms with Gasteiger partial charge in [-0.15, -0.1) is 0 Å². The van der Waals surface area contributed by atoms with E-state index in [-0.39, 0.29) is 5.66 Å². The molecule has 0 amide bonds. The number of aryl methyl sites for hydroxylation is 1. The highest BCUT2D eigenvalue weighted by Crippen LogP contribution is 2.42. The van der Waals surface area contributed by atoms with Crippen molar-refractivity contribution in [3.05, 3.63) is 58.1 Å². The Balaban J connectivity index is 1.11. The molecule has 2 atom stereocenters. The summed E-state index contributed by atoms with van der Waals surface area (Å²) in [6.45, 7) is 5.62. The van der Waals surface area contributed by atoms with Crippen LogP contribution in [0.2, 0.25) is 5.02 Å². The molecule has 3 N–H and O–H groups in total. The van der Waals surface area contributed by atoms with Crippen molar-refractivity contribution in [3.63, 3.8) is 0 Å². The zero-order chi connectivity index (χ0) is 20.0. The predicted octanol–water partition coefficient (Wildman–Crippen LogP) is 5.77. The van der Waals surface area contributed by atoms with Gasteiger partial charge in [-0.05, 0) is 106 Å². The molecule has 0 bridgehead atoms. The van der Waals surface area contributed by atoms with Gasteiger partial charge in [0, 0.05) is 17.0 Å². The van der Waals surface area contributed by atoms with Crippen LogP contribution in [0.1, 0.15) is 49.3 Å². The molecule has 2 aromatic rings. The van der Waals surface area contributed by atoms with Gasteiger partial charge in [0.05, 0.1) is 11.4 Å². The fourth-order valence-electron chi connectivity index (χ4n) is 5.70. The van der Waals surface area contributed by atoms with E-state index in [1.165, 1.54) is 66.6 Å². The second-order valence-corrected chi connectivity index (χ2v) is 10.1. The van der Waals surface area contributed by atoms with E-state index in [9.17, 15) is 0 Å². The van der Waals surface area contributed by atoms with Crippen LogP contribution >= 0.6 is 11.6 Å². The Morgan fingerprint density at radius 1 is 0.966 bits per heavy atom. The van der Waals surface area contributed by atoms with E-state index in [1.807, 2.05) is 6.07 Å². The van der Waals surface area contributed by atoms with Crippen molar-refractivity contribution in [2.24, 2.45) is 11.8 Å². The lowest BCUT2D eigenvalue weighted by atomic mass is 9.78. The molecule has 29 heavy (non-hydrogen) atoms. The number of rotatable bonds is 4. The third kappa shape index (κ3) is 3.87. The second-order valence-electron chi connectivity index (χ2n) is 9.65. The lowest BCUT2D eigenvalue weighted by molar-refractivity contribution is 0.228. The van der Waals surface area contributed by atoms with Gasteiger partial charge in [0.1, 0.15) is 5.66 Å². The van der Waals surface area contributed by atoms with Crippen molar-refractivity contribution in [2.45, 2.75) is 64.1 Å². The van der Waals surface area contributed by atoms with E-state index in [0.29, 0.717) is 12.0 Å². The quantitative estimate of drug-likeness (QED) is 0.600. The van der Waals surface area contributed by atoms with Crippen molar-refractivity contribution in [3.8, 4) is 0 Å². The van der Waals surface area contributed by atoms with Crippen LogP contribution in [0.25, 0.3) is 0 Å². The highest BCUT2D eigenvalue weighted by Gasteiger charge is 2.40. The van der Waals surface area contributed by atoms with Gasteiger partial charge in [-0.25, -0.2) is 0 Å². The van der Waals surface area contributed by atoms with Gasteiger partial charge in [-0.2, -0.15) is 0 Å². The average Bonchev–Trinajstić information content (AvgIpc) is 3.26. The molecular weight excluding hydrogens is 378 g/mol. The number of nitrogens with one attached hydrogen (secondary N) is 3. The minimum atomic E-state index is -0.0204. The molecule has 0 radical (unpaired) electrons. The van der Waals surface area contributed by atoms with Crippen molar-refractivity contribution in [1.29, 1.82) is 0 Å². The first-order valence-electron chi connectivity index (χ1n) is 11.2. The number of hydrogen-bond donors (Lipinski definition) is 3. The maximum Gasteiger partial charge on any atom is 0.108 e. The number of halogens is 1. The fraction of sp³-hybridized carbons (Fsp3) is 0.520. The molecule has 0 spiro atoms. The Kier molecular flexibility index (Phi) is 4.99. The molecule has 0 saturated heterocycles. The summed E-state index contributed by atoms with van der Waals surface area (Å²) in [5.41, 5.74) is 6.74. The van der Waals surface area contributed by atoms with Crippen molar-refractivity contribution < 1.29 is 0 Å². The lowest BCUT2D eigenvalue weighted by Crippen LogP contribution is -2.49. The summed E-state index contributed by atoms with van der Waals surface area (Å²) < 4.78 is 0. The summed E-state index contributed by atoms with van der Waals surface area (Å²) >= 11 is 6.16. The van der Waals surface area contributed by atoms with Gasteiger partial charge in [0.2, 0.25) is 0 Å². The topological polar surface area (TPSA) is 36.1 Å². The van der Waals surface area contributed by atoms with E-state index >= 15 is 0 Å². The first-order chi connectivity index (χ1) is 14.0. The van der Waals surface area contributed by atoms with E-state index in [0.717, 1.165) is 17.5 Å². The normalized spacial score (nSPS) is 30.4. The van der Waals surface area contributed by atoms with Gasteiger partial charge in [0.25, 0.3) is 0 Å². The average molecular weight is 410 g/mol. The molecule has 1 heterocycles. The highest BCUT2D eigenvalue weighted by atomic mass is 35.5. The van der Waals surface area contributed by atoms with Gasteiger partial charge >= 0.3 is 0 Å². The van der Waals surface area contributed by atoms with Crippen LogP contribution in [0.15, 0.2) is 36.4 Å². The Labute approximate surface area is 179 Å². The SMILES string of the molecule is Cc1ccc2c(c1)NC(C)(C1CCC(NCC3Cc4ccc(Cl)cc4C3)CC1)N2. The third-order valence-corrected chi connectivity index (χ3v) is 7.62. The van der Waals surface area contributed by atoms with Crippen LogP contribution in [-0.2, 0) is 12.8 Å². The summed E-state index contributed by atoms with van der Waals surface area (Å²) in [5.74, 6) is 1.38. The van der Waals surface area contributed by atoms with Crippen LogP contribution in [0.5, 0.6) is 0 Å². The summed E-state index contributed by atoms with van der Waals surface area (Å²) in [4.78, 5) is 0. The molecular formula is C25H32ClN3. The van der Waals surface area contributed by atoms with E-state index in [4.69, 9.17) is 11.6 Å². The zero-order valence-electron chi connectivity index (χ0n) is 17.5. The monoisotopic (exact) mass is 409 g/mol. The third-order valence-electron chi connectivity index (χ3n) is 7.39. The van der Waals surface area contributed by atoms with Crippen LogP contribution in [-0.4, -0.2) is 18.2 Å². The highest BCUT2D eigenvalue weighted by molar-refractivity contribution is 6.30. The van der Waals surface area contributed by atoms with Crippen molar-refractivity contribution >= 4 is 23.0 Å². The first kappa shape index (κ1) is 19.3. The number of hydrogen-bond acceptors (Lipinski definition) is 3. The molecule has 2 unspecified atom stereocenters. The van der Waals surface area contributed by atoms with Crippen LogP contribution in [0.3, 0.4) is 0 Å². The van der Waals surface area contributed by atoms with Gasteiger partial charge in [-0.3, -0.25) is 0 Å². The molecule has 2 aromatic carbocycles. The maximum absolute atomic E-state index is 6.16. The Hall–Kier alpha value is -1.71. The smallest absolute Gasteiger partial charge is 0.108 e. The minimum Gasteiger partial charge on any atom is -0.361 e. The van der Waals surface area contributed by atoms with E-state index in [1.54, 1.807) is 0 Å². The van der Waals surface area contributed by atoms with Crippen molar-refractivity contribution in [2.75, 3.05) is 17.2 Å². The largest absolute Gasteiger partial charge is 0.361 e. The summed E-state index contributed by atoms with van der Waals surface area (Å²) in [7, 11) is 0.